The van der Waals surface area contributed by atoms with Crippen LogP contribution in [-0.4, -0.2) is 38.3 Å². The van der Waals surface area contributed by atoms with Crippen LogP contribution in [0.25, 0.3) is 0 Å². The largest absolute Gasteiger partial charge is 0.454 e. The zero-order valence-electron chi connectivity index (χ0n) is 12.9. The summed E-state index contributed by atoms with van der Waals surface area (Å²) >= 11 is 5.50. The van der Waals surface area contributed by atoms with E-state index in [1.165, 1.54) is 12.1 Å². The molecule has 0 aliphatic carbocycles. The van der Waals surface area contributed by atoms with Crippen molar-refractivity contribution in [3.8, 4) is 11.5 Å². The molecule has 0 heterocycles. The number of hydrogen-bond acceptors (Lipinski definition) is 5. The van der Waals surface area contributed by atoms with E-state index in [0.717, 1.165) is 18.0 Å². The Balaban J connectivity index is 2.06. The lowest BCUT2D eigenvalue weighted by atomic mass is 10.3. The average Bonchev–Trinajstić information content (AvgIpc) is 2.54. The van der Waals surface area contributed by atoms with Crippen molar-refractivity contribution in [3.05, 3.63) is 48.3 Å². The van der Waals surface area contributed by atoms with Crippen LogP contribution in [0.15, 0.2) is 47.4 Å². The smallest absolute Gasteiger partial charge is 0.175 e. The number of benzene rings is 2. The van der Waals surface area contributed by atoms with Crippen LogP contribution in [0.3, 0.4) is 0 Å². The summed E-state index contributed by atoms with van der Waals surface area (Å²) < 4.78 is 42.1. The van der Waals surface area contributed by atoms with E-state index in [4.69, 9.17) is 16.3 Å². The van der Waals surface area contributed by atoms with Crippen molar-refractivity contribution < 1.29 is 22.7 Å². The van der Waals surface area contributed by atoms with Gasteiger partial charge in [0.05, 0.1) is 16.9 Å². The van der Waals surface area contributed by atoms with Crippen molar-refractivity contribution in [2.75, 3.05) is 24.0 Å². The Bertz CT molecular complexity index is 796. The molecule has 1 atom stereocenters. The summed E-state index contributed by atoms with van der Waals surface area (Å²) in [6.07, 6.45) is 0.361. The van der Waals surface area contributed by atoms with Gasteiger partial charge >= 0.3 is 0 Å². The van der Waals surface area contributed by atoms with Gasteiger partial charge in [-0.15, -0.1) is 11.6 Å². The van der Waals surface area contributed by atoms with E-state index in [9.17, 15) is 17.9 Å². The second-order valence-electron chi connectivity index (χ2n) is 5.18. The number of aliphatic hydroxyl groups is 1. The van der Waals surface area contributed by atoms with E-state index in [2.05, 4.69) is 5.32 Å². The van der Waals surface area contributed by atoms with Gasteiger partial charge in [-0.2, -0.15) is 0 Å². The van der Waals surface area contributed by atoms with E-state index in [1.54, 1.807) is 24.3 Å². The van der Waals surface area contributed by atoms with Crippen LogP contribution >= 0.6 is 11.6 Å². The fourth-order valence-electron chi connectivity index (χ4n) is 1.85. The molecule has 0 bridgehead atoms. The SMILES string of the molecule is CS(=O)(=O)c1ccc(Oc2ccc(NCC(O)CCl)cc2)c(F)c1. The third kappa shape index (κ3) is 5.09. The zero-order chi connectivity index (χ0) is 17.7. The van der Waals surface area contributed by atoms with Crippen LogP contribution in [0.4, 0.5) is 10.1 Å². The first-order valence-electron chi connectivity index (χ1n) is 7.05. The third-order valence-corrected chi connectivity index (χ3v) is 4.60. The average molecular weight is 374 g/mol. The molecule has 5 nitrogen and oxygen atoms in total. The van der Waals surface area contributed by atoms with E-state index in [-0.39, 0.29) is 16.5 Å². The number of sulfone groups is 1. The molecule has 0 fully saturated rings. The molecule has 0 saturated carbocycles. The maximum atomic E-state index is 14.0. The third-order valence-electron chi connectivity index (χ3n) is 3.13. The lowest BCUT2D eigenvalue weighted by Crippen LogP contribution is -2.20. The summed E-state index contributed by atoms with van der Waals surface area (Å²) in [5.74, 6) is -0.299. The molecule has 0 radical (unpaired) electrons. The van der Waals surface area contributed by atoms with Crippen molar-refractivity contribution in [3.63, 3.8) is 0 Å². The fourth-order valence-corrected chi connectivity index (χ4v) is 2.59. The number of ether oxygens (including phenoxy) is 1. The minimum absolute atomic E-state index is 0.0688. The van der Waals surface area contributed by atoms with Gasteiger partial charge in [0.2, 0.25) is 0 Å². The highest BCUT2D eigenvalue weighted by Gasteiger charge is 2.12. The Morgan fingerprint density at radius 1 is 1.25 bits per heavy atom. The highest BCUT2D eigenvalue weighted by molar-refractivity contribution is 7.90. The highest BCUT2D eigenvalue weighted by atomic mass is 35.5. The summed E-state index contributed by atoms with van der Waals surface area (Å²) in [6.45, 7) is 0.311. The molecule has 1 unspecified atom stereocenters. The maximum absolute atomic E-state index is 14.0. The predicted octanol–water partition coefficient (Wildman–Crippen LogP) is 3.03. The minimum Gasteiger partial charge on any atom is -0.454 e. The molecule has 8 heteroatoms. The first kappa shape index (κ1) is 18.5. The van der Waals surface area contributed by atoms with E-state index in [0.29, 0.717) is 12.3 Å². The van der Waals surface area contributed by atoms with Gasteiger partial charge in [0.15, 0.2) is 21.4 Å². The molecule has 0 aliphatic heterocycles. The Labute approximate surface area is 145 Å². The summed E-state index contributed by atoms with van der Waals surface area (Å²) in [5.41, 5.74) is 0.749. The monoisotopic (exact) mass is 373 g/mol. The van der Waals surface area contributed by atoms with Crippen molar-refractivity contribution in [1.29, 1.82) is 0 Å². The van der Waals surface area contributed by atoms with Crippen LogP contribution in [0.2, 0.25) is 0 Å². The second kappa shape index (κ2) is 7.83. The molecular weight excluding hydrogens is 357 g/mol. The highest BCUT2D eigenvalue weighted by Crippen LogP contribution is 2.27. The van der Waals surface area contributed by atoms with Crippen molar-refractivity contribution >= 4 is 27.1 Å². The van der Waals surface area contributed by atoms with Crippen LogP contribution in [0, 0.1) is 5.82 Å². The molecule has 0 saturated heterocycles. The predicted molar refractivity (Wildman–Crippen MR) is 91.2 cm³/mol. The summed E-state index contributed by atoms with van der Waals surface area (Å²) in [6, 6.07) is 10.1. The van der Waals surface area contributed by atoms with Crippen LogP contribution < -0.4 is 10.1 Å². The molecule has 24 heavy (non-hydrogen) atoms. The lowest BCUT2D eigenvalue weighted by molar-refractivity contribution is 0.211. The van der Waals surface area contributed by atoms with E-state index >= 15 is 0 Å². The number of rotatable bonds is 7. The quantitative estimate of drug-likeness (QED) is 0.729. The molecule has 2 N–H and O–H groups in total. The summed E-state index contributed by atoms with van der Waals surface area (Å²) in [7, 11) is -3.47. The Morgan fingerprint density at radius 3 is 2.46 bits per heavy atom. The first-order valence-corrected chi connectivity index (χ1v) is 9.47. The number of aliphatic hydroxyl groups excluding tert-OH is 1. The van der Waals surface area contributed by atoms with E-state index < -0.39 is 21.8 Å². The molecule has 2 aromatic carbocycles. The lowest BCUT2D eigenvalue weighted by Gasteiger charge is -2.11. The van der Waals surface area contributed by atoms with Gasteiger partial charge in [-0.3, -0.25) is 0 Å². The van der Waals surface area contributed by atoms with Crippen LogP contribution in [0.1, 0.15) is 0 Å². The van der Waals surface area contributed by atoms with Crippen molar-refractivity contribution in [2.24, 2.45) is 0 Å². The van der Waals surface area contributed by atoms with Gasteiger partial charge in [-0.1, -0.05) is 0 Å². The van der Waals surface area contributed by atoms with Gasteiger partial charge in [0, 0.05) is 18.5 Å². The molecule has 0 spiro atoms. The molecule has 0 amide bonds. The van der Waals surface area contributed by atoms with Crippen molar-refractivity contribution in [1.82, 2.24) is 0 Å². The van der Waals surface area contributed by atoms with Crippen LogP contribution in [0.5, 0.6) is 11.5 Å². The molecule has 130 valence electrons. The Kier molecular flexibility index (Phi) is 6.04. The summed E-state index contributed by atoms with van der Waals surface area (Å²) in [5, 5.41) is 12.4. The van der Waals surface area contributed by atoms with Crippen molar-refractivity contribution in [2.45, 2.75) is 11.0 Å². The number of nitrogens with one attached hydrogen (secondary N) is 1. The normalized spacial score (nSPS) is 12.7. The second-order valence-corrected chi connectivity index (χ2v) is 7.50. The van der Waals surface area contributed by atoms with Gasteiger partial charge in [-0.25, -0.2) is 12.8 Å². The maximum Gasteiger partial charge on any atom is 0.175 e. The number of halogens is 2. The van der Waals surface area contributed by atoms with Gasteiger partial charge in [-0.05, 0) is 42.5 Å². The topological polar surface area (TPSA) is 75.6 Å². The first-order chi connectivity index (χ1) is 11.3. The Morgan fingerprint density at radius 2 is 1.92 bits per heavy atom. The summed E-state index contributed by atoms with van der Waals surface area (Å²) in [4.78, 5) is -0.107. The zero-order valence-corrected chi connectivity index (χ0v) is 14.4. The molecule has 2 rings (SSSR count). The Hall–Kier alpha value is -1.83. The molecule has 0 aromatic heterocycles. The number of alkyl halides is 1. The van der Waals surface area contributed by atoms with Gasteiger partial charge < -0.3 is 15.2 Å². The number of anilines is 1. The van der Waals surface area contributed by atoms with Gasteiger partial charge in [0.1, 0.15) is 5.75 Å². The van der Waals surface area contributed by atoms with Gasteiger partial charge in [0.25, 0.3) is 0 Å². The molecule has 2 aromatic rings. The molecular formula is C16H17ClFNO4S. The minimum atomic E-state index is -3.47. The molecule has 0 aliphatic rings. The standard InChI is InChI=1S/C16H17ClFNO4S/c1-24(21,22)14-6-7-16(15(18)8-14)23-13-4-2-11(3-5-13)19-10-12(20)9-17/h2-8,12,19-20H,9-10H2,1H3. The fraction of sp³-hybridized carbons (Fsp3) is 0.250. The number of hydrogen-bond donors (Lipinski definition) is 2. The van der Waals surface area contributed by atoms with E-state index in [1.807, 2.05) is 0 Å². The van der Waals surface area contributed by atoms with Crippen LogP contribution in [-0.2, 0) is 9.84 Å².